The Morgan fingerprint density at radius 3 is 2.48 bits per heavy atom. The molecule has 0 unspecified atom stereocenters. The van der Waals surface area contributed by atoms with E-state index in [0.717, 1.165) is 38.3 Å². The van der Waals surface area contributed by atoms with Crippen molar-refractivity contribution in [2.45, 2.75) is 61.9 Å². The molecule has 0 bridgehead atoms. The second-order valence-electron chi connectivity index (χ2n) is 13.3. The van der Waals surface area contributed by atoms with Crippen LogP contribution in [0.2, 0.25) is 5.02 Å². The van der Waals surface area contributed by atoms with Crippen molar-refractivity contribution in [2.24, 2.45) is 0 Å². The maximum Gasteiger partial charge on any atom is 0.417 e. The summed E-state index contributed by atoms with van der Waals surface area (Å²) in [6.07, 6.45) is -1.07. The molecule has 4 heterocycles. The molecule has 1 aromatic heterocycles. The number of hydrogen-bond donors (Lipinski definition) is 0. The minimum absolute atomic E-state index is 0.115. The molecular formula is C34H37ClF4N6O2S. The molecule has 4 aliphatic rings. The number of rotatable bonds is 6. The van der Waals surface area contributed by atoms with E-state index in [9.17, 15) is 14.0 Å². The van der Waals surface area contributed by atoms with E-state index in [4.69, 9.17) is 11.6 Å². The highest BCUT2D eigenvalue weighted by Gasteiger charge is 2.41. The minimum Gasteiger partial charge on any atom is -0.349 e. The van der Waals surface area contributed by atoms with Gasteiger partial charge in [-0.05, 0) is 56.5 Å². The Hall–Kier alpha value is -3.13. The average Bonchev–Trinajstić information content (AvgIpc) is 3.90. The summed E-state index contributed by atoms with van der Waals surface area (Å²) in [6.45, 7) is 12.0. The van der Waals surface area contributed by atoms with Gasteiger partial charge < -0.3 is 9.80 Å². The van der Waals surface area contributed by atoms with Crippen LogP contribution >= 0.6 is 23.4 Å². The van der Waals surface area contributed by atoms with Crippen molar-refractivity contribution < 1.29 is 22.4 Å². The van der Waals surface area contributed by atoms with E-state index in [1.54, 1.807) is 9.47 Å². The number of aromatic nitrogens is 2. The van der Waals surface area contributed by atoms with Gasteiger partial charge in [-0.15, -0.1) is 11.8 Å². The zero-order chi connectivity index (χ0) is 34.1. The topological polar surface area (TPSA) is 64.9 Å². The fraction of sp³-hybridized carbons (Fsp3) is 0.500. The third-order valence-electron chi connectivity index (χ3n) is 10.1. The lowest BCUT2D eigenvalue weighted by Gasteiger charge is -2.45. The molecule has 8 nitrogen and oxygen atoms in total. The lowest BCUT2D eigenvalue weighted by Crippen LogP contribution is -2.58. The molecule has 48 heavy (non-hydrogen) atoms. The first kappa shape index (κ1) is 33.4. The number of piperazine rings is 2. The summed E-state index contributed by atoms with van der Waals surface area (Å²) in [5.41, 5.74) is -1.08. The van der Waals surface area contributed by atoms with Gasteiger partial charge in [-0.1, -0.05) is 24.2 Å². The van der Waals surface area contributed by atoms with Crippen molar-refractivity contribution in [2.75, 3.05) is 56.5 Å². The van der Waals surface area contributed by atoms with Crippen LogP contribution in [0.3, 0.4) is 0 Å². The van der Waals surface area contributed by atoms with Crippen LogP contribution in [-0.2, 0) is 11.0 Å². The average molecular weight is 705 g/mol. The van der Waals surface area contributed by atoms with Crippen LogP contribution in [0.1, 0.15) is 38.3 Å². The zero-order valence-corrected chi connectivity index (χ0v) is 28.3. The lowest BCUT2D eigenvalue weighted by molar-refractivity contribution is -0.137. The molecule has 1 aliphatic carbocycles. The van der Waals surface area contributed by atoms with Crippen LogP contribution in [0, 0.1) is 5.82 Å². The van der Waals surface area contributed by atoms with Gasteiger partial charge in [0, 0.05) is 85.5 Å². The van der Waals surface area contributed by atoms with Gasteiger partial charge in [0.2, 0.25) is 5.91 Å². The number of carbonyl (C=O) groups excluding carboxylic acids is 1. The Balaban J connectivity index is 1.40. The van der Waals surface area contributed by atoms with Gasteiger partial charge >= 0.3 is 11.9 Å². The molecule has 0 spiro atoms. The summed E-state index contributed by atoms with van der Waals surface area (Å²) in [5.74, 6) is -0.451. The van der Waals surface area contributed by atoms with Crippen LogP contribution < -0.4 is 10.6 Å². The number of anilines is 1. The first-order valence-corrected chi connectivity index (χ1v) is 17.7. The Kier molecular flexibility index (Phi) is 8.79. The van der Waals surface area contributed by atoms with Gasteiger partial charge in [-0.3, -0.25) is 19.2 Å². The van der Waals surface area contributed by atoms with Gasteiger partial charge in [-0.2, -0.15) is 18.2 Å². The Bertz CT molecular complexity index is 1840. The fourth-order valence-electron chi connectivity index (χ4n) is 7.50. The fourth-order valence-corrected chi connectivity index (χ4v) is 9.01. The number of thioether (sulfide) groups is 1. The van der Waals surface area contributed by atoms with Gasteiger partial charge in [0.05, 0.1) is 22.1 Å². The van der Waals surface area contributed by atoms with Gasteiger partial charge in [0.1, 0.15) is 11.6 Å². The van der Waals surface area contributed by atoms with Crippen LogP contribution in [0.5, 0.6) is 0 Å². The molecule has 1 saturated carbocycles. The van der Waals surface area contributed by atoms with Crippen molar-refractivity contribution >= 4 is 46.0 Å². The molecule has 1 amide bonds. The smallest absolute Gasteiger partial charge is 0.349 e. The maximum absolute atomic E-state index is 15.0. The van der Waals surface area contributed by atoms with E-state index in [1.165, 1.54) is 42.8 Å². The van der Waals surface area contributed by atoms with Crippen molar-refractivity contribution in [1.82, 2.24) is 24.3 Å². The van der Waals surface area contributed by atoms with Crippen LogP contribution in [0.25, 0.3) is 22.0 Å². The van der Waals surface area contributed by atoms with Gasteiger partial charge in [0.15, 0.2) is 0 Å². The summed E-state index contributed by atoms with van der Waals surface area (Å²) >= 11 is 7.39. The third-order valence-corrected chi connectivity index (χ3v) is 11.6. The van der Waals surface area contributed by atoms with Crippen molar-refractivity contribution in [3.05, 3.63) is 63.8 Å². The van der Waals surface area contributed by atoms with E-state index in [-0.39, 0.29) is 64.5 Å². The lowest BCUT2D eigenvalue weighted by atomic mass is 9.95. The molecule has 3 fully saturated rings. The summed E-state index contributed by atoms with van der Waals surface area (Å²) in [5, 5.41) is -0.0771. The predicted molar refractivity (Wildman–Crippen MR) is 180 cm³/mol. The van der Waals surface area contributed by atoms with E-state index >= 15 is 13.2 Å². The monoisotopic (exact) mass is 704 g/mol. The van der Waals surface area contributed by atoms with E-state index in [2.05, 4.69) is 21.4 Å². The molecule has 0 radical (unpaired) electrons. The van der Waals surface area contributed by atoms with Crippen LogP contribution in [-0.4, -0.2) is 99.8 Å². The second-order valence-corrected chi connectivity index (χ2v) is 14.8. The summed E-state index contributed by atoms with van der Waals surface area (Å²) in [4.78, 5) is 39.9. The number of nitrogens with zero attached hydrogens (tertiary/aromatic N) is 6. The van der Waals surface area contributed by atoms with Crippen molar-refractivity contribution in [3.63, 3.8) is 0 Å². The molecule has 256 valence electrons. The first-order chi connectivity index (χ1) is 22.8. The predicted octanol–water partition coefficient (Wildman–Crippen LogP) is 5.91. The molecule has 2 aromatic carbocycles. The number of amides is 1. The van der Waals surface area contributed by atoms with Crippen molar-refractivity contribution in [3.8, 4) is 11.1 Å². The Labute approximate surface area is 285 Å². The Morgan fingerprint density at radius 1 is 1.10 bits per heavy atom. The number of benzene rings is 2. The molecule has 0 N–H and O–H groups in total. The minimum atomic E-state index is -4.79. The van der Waals surface area contributed by atoms with E-state index < -0.39 is 23.2 Å². The molecular weight excluding hydrogens is 668 g/mol. The van der Waals surface area contributed by atoms with Crippen LogP contribution in [0.15, 0.2) is 46.6 Å². The maximum atomic E-state index is 15.0. The summed E-state index contributed by atoms with van der Waals surface area (Å²) in [7, 11) is 0. The highest BCUT2D eigenvalue weighted by molar-refractivity contribution is 7.99. The zero-order valence-electron chi connectivity index (χ0n) is 26.8. The third kappa shape index (κ3) is 6.01. The largest absolute Gasteiger partial charge is 0.417 e. The molecule has 3 aromatic rings. The quantitative estimate of drug-likeness (QED) is 0.234. The van der Waals surface area contributed by atoms with Crippen LogP contribution in [0.4, 0.5) is 23.4 Å². The number of alkyl halides is 3. The van der Waals surface area contributed by atoms with E-state index in [0.29, 0.717) is 28.8 Å². The molecule has 7 rings (SSSR count). The second kappa shape index (κ2) is 12.6. The SMILES string of the molecule is C=CC(=O)N1C[C@H](C)N(c2nc(=O)n3c4c(c(-c5ccc(F)c(Cl)c5)c(C(F)(F)F)cc24)SC[C@@H]3CN2CCN(C3CC3)CC2)C[C@H]1C. The standard InChI is InChI=1S/C34H37ClF4N6O2S/c1-4-28(46)43-15-20(3)44(16-19(43)2)32-24-14-25(34(37,38)39)29(21-5-8-27(36)26(35)13-21)31-30(24)45(33(47)40-32)23(18-48-31)17-41-9-11-42(12-10-41)22-6-7-22/h4-5,8,13-14,19-20,22-23H,1,6-7,9-12,15-18H2,2-3H3/t19-,20+,23+/m1/s1. The molecule has 3 atom stereocenters. The van der Waals surface area contributed by atoms with Gasteiger partial charge in [-0.25, -0.2) is 9.18 Å². The van der Waals surface area contributed by atoms with Gasteiger partial charge in [0.25, 0.3) is 0 Å². The number of halogens is 5. The summed E-state index contributed by atoms with van der Waals surface area (Å²) in [6, 6.07) is 4.34. The van der Waals surface area contributed by atoms with E-state index in [1.807, 2.05) is 18.7 Å². The summed E-state index contributed by atoms with van der Waals surface area (Å²) < 4.78 is 60.9. The highest BCUT2D eigenvalue weighted by atomic mass is 35.5. The number of hydrogen-bond acceptors (Lipinski definition) is 7. The normalized spacial score (nSPS) is 23.9. The highest BCUT2D eigenvalue weighted by Crippen LogP contribution is 2.50. The first-order valence-electron chi connectivity index (χ1n) is 16.3. The number of carbonyl (C=O) groups is 1. The molecule has 14 heteroatoms. The van der Waals surface area contributed by atoms with Crippen molar-refractivity contribution in [1.29, 1.82) is 0 Å². The molecule has 2 saturated heterocycles. The Morgan fingerprint density at radius 2 is 1.83 bits per heavy atom. The molecule has 3 aliphatic heterocycles.